The van der Waals surface area contributed by atoms with Gasteiger partial charge >= 0.3 is 5.97 Å². The summed E-state index contributed by atoms with van der Waals surface area (Å²) < 4.78 is 18.3. The number of halogens is 1. The van der Waals surface area contributed by atoms with E-state index in [1.54, 1.807) is 13.0 Å². The van der Waals surface area contributed by atoms with Gasteiger partial charge in [-0.15, -0.1) is 0 Å². The zero-order valence-electron chi connectivity index (χ0n) is 10.1. The van der Waals surface area contributed by atoms with E-state index >= 15 is 0 Å². The van der Waals surface area contributed by atoms with Crippen LogP contribution in [0.25, 0.3) is 0 Å². The Kier molecular flexibility index (Phi) is 4.65. The highest BCUT2D eigenvalue weighted by molar-refractivity contribution is 5.82. The first-order valence-corrected chi connectivity index (χ1v) is 5.25. The first-order chi connectivity index (χ1) is 8.40. The number of rotatable bonds is 5. The maximum absolute atomic E-state index is 13.3. The normalized spacial score (nSPS) is 9.94. The van der Waals surface area contributed by atoms with Gasteiger partial charge in [0.2, 0.25) is 0 Å². The monoisotopic (exact) mass is 255 g/mol. The predicted molar refractivity (Wildman–Crippen MR) is 61.9 cm³/mol. The van der Waals surface area contributed by atoms with Crippen molar-refractivity contribution < 1.29 is 23.8 Å². The van der Waals surface area contributed by atoms with E-state index in [4.69, 9.17) is 9.84 Å². The first kappa shape index (κ1) is 14.0. The Labute approximate surface area is 104 Å². The van der Waals surface area contributed by atoms with Crippen LogP contribution in [-0.2, 0) is 9.59 Å². The van der Waals surface area contributed by atoms with Crippen molar-refractivity contribution >= 4 is 11.9 Å². The molecule has 0 aliphatic rings. The van der Waals surface area contributed by atoms with Gasteiger partial charge in [-0.05, 0) is 24.6 Å². The molecule has 1 aromatic carbocycles. The van der Waals surface area contributed by atoms with Crippen molar-refractivity contribution in [1.29, 1.82) is 0 Å². The first-order valence-electron chi connectivity index (χ1n) is 5.25. The minimum Gasteiger partial charge on any atom is -0.481 e. The quantitative estimate of drug-likeness (QED) is 0.854. The molecule has 1 rings (SSSR count). The van der Waals surface area contributed by atoms with Crippen LogP contribution in [0.5, 0.6) is 5.75 Å². The lowest BCUT2D eigenvalue weighted by atomic mass is 10.2. The molecular formula is C12H14FNO4. The van der Waals surface area contributed by atoms with Crippen LogP contribution in [0, 0.1) is 12.7 Å². The number of ether oxygens (including phenoxy) is 1. The number of carboxylic acid groups (broad SMARTS) is 1. The van der Waals surface area contributed by atoms with Crippen molar-refractivity contribution in [1.82, 2.24) is 4.90 Å². The predicted octanol–water partition coefficient (Wildman–Crippen LogP) is 1.06. The summed E-state index contributed by atoms with van der Waals surface area (Å²) in [6, 6.07) is 4.30. The molecule has 0 saturated heterocycles. The summed E-state index contributed by atoms with van der Waals surface area (Å²) in [5, 5.41) is 8.50. The van der Waals surface area contributed by atoms with Crippen LogP contribution in [0.15, 0.2) is 18.2 Å². The summed E-state index contributed by atoms with van der Waals surface area (Å²) in [7, 11) is 1.34. The number of aliphatic carboxylic acids is 1. The molecule has 1 N–H and O–H groups in total. The molecule has 0 atom stereocenters. The van der Waals surface area contributed by atoms with Gasteiger partial charge in [-0.25, -0.2) is 4.39 Å². The lowest BCUT2D eigenvalue weighted by Crippen LogP contribution is -2.35. The summed E-state index contributed by atoms with van der Waals surface area (Å²) in [4.78, 5) is 22.9. The Balaban J connectivity index is 2.57. The molecule has 0 bridgehead atoms. The fourth-order valence-electron chi connectivity index (χ4n) is 1.26. The maximum Gasteiger partial charge on any atom is 0.323 e. The van der Waals surface area contributed by atoms with Gasteiger partial charge in [0.15, 0.2) is 18.2 Å². The number of amides is 1. The standard InChI is InChI=1S/C12H14FNO4/c1-8-3-4-9(13)10(5-8)18-7-11(15)14(2)6-12(16)17/h3-5H,6-7H2,1-2H3,(H,16,17). The second-order valence-electron chi connectivity index (χ2n) is 3.87. The second kappa shape index (κ2) is 6.00. The van der Waals surface area contributed by atoms with Gasteiger partial charge < -0.3 is 14.7 Å². The van der Waals surface area contributed by atoms with E-state index in [0.717, 1.165) is 10.5 Å². The van der Waals surface area contributed by atoms with Crippen LogP contribution in [0.3, 0.4) is 0 Å². The number of hydrogen-bond donors (Lipinski definition) is 1. The van der Waals surface area contributed by atoms with E-state index in [2.05, 4.69) is 0 Å². The van der Waals surface area contributed by atoms with Crippen LogP contribution in [0.1, 0.15) is 5.56 Å². The van der Waals surface area contributed by atoms with Gasteiger partial charge in [0.25, 0.3) is 5.91 Å². The second-order valence-corrected chi connectivity index (χ2v) is 3.87. The zero-order chi connectivity index (χ0) is 13.7. The van der Waals surface area contributed by atoms with Crippen molar-refractivity contribution in [2.75, 3.05) is 20.2 Å². The molecule has 0 fully saturated rings. The van der Waals surface area contributed by atoms with Gasteiger partial charge in [0.05, 0.1) is 0 Å². The molecule has 0 aliphatic heterocycles. The lowest BCUT2D eigenvalue weighted by Gasteiger charge is -2.15. The molecule has 0 unspecified atom stereocenters. The highest BCUT2D eigenvalue weighted by Crippen LogP contribution is 2.18. The Morgan fingerprint density at radius 2 is 2.11 bits per heavy atom. The van der Waals surface area contributed by atoms with E-state index in [-0.39, 0.29) is 5.75 Å². The molecule has 18 heavy (non-hydrogen) atoms. The Morgan fingerprint density at radius 1 is 1.44 bits per heavy atom. The smallest absolute Gasteiger partial charge is 0.323 e. The van der Waals surface area contributed by atoms with Crippen LogP contribution in [-0.4, -0.2) is 42.1 Å². The third-order valence-corrected chi connectivity index (χ3v) is 2.24. The molecular weight excluding hydrogens is 241 g/mol. The van der Waals surface area contributed by atoms with Crippen molar-refractivity contribution in [2.45, 2.75) is 6.92 Å². The van der Waals surface area contributed by atoms with Gasteiger partial charge in [-0.3, -0.25) is 9.59 Å². The SMILES string of the molecule is Cc1ccc(F)c(OCC(=O)N(C)CC(=O)O)c1. The Bertz CT molecular complexity index is 461. The van der Waals surface area contributed by atoms with Crippen LogP contribution in [0.2, 0.25) is 0 Å². The van der Waals surface area contributed by atoms with Crippen LogP contribution >= 0.6 is 0 Å². The Morgan fingerprint density at radius 3 is 2.72 bits per heavy atom. The van der Waals surface area contributed by atoms with Gasteiger partial charge in [-0.1, -0.05) is 6.07 Å². The fourth-order valence-corrected chi connectivity index (χ4v) is 1.26. The molecule has 0 spiro atoms. The van der Waals surface area contributed by atoms with E-state index < -0.39 is 30.8 Å². The number of hydrogen-bond acceptors (Lipinski definition) is 3. The molecule has 1 amide bonds. The number of carbonyl (C=O) groups is 2. The third kappa shape index (κ3) is 4.04. The van der Waals surface area contributed by atoms with Crippen molar-refractivity contribution in [3.05, 3.63) is 29.6 Å². The van der Waals surface area contributed by atoms with Crippen molar-refractivity contribution in [3.8, 4) is 5.75 Å². The molecule has 0 radical (unpaired) electrons. The van der Waals surface area contributed by atoms with Crippen molar-refractivity contribution in [2.24, 2.45) is 0 Å². The maximum atomic E-state index is 13.3. The number of benzene rings is 1. The summed E-state index contributed by atoms with van der Waals surface area (Å²) in [5.41, 5.74) is 0.803. The van der Waals surface area contributed by atoms with Crippen LogP contribution < -0.4 is 4.74 Å². The molecule has 98 valence electrons. The van der Waals surface area contributed by atoms with Gasteiger partial charge in [0, 0.05) is 7.05 Å². The van der Waals surface area contributed by atoms with E-state index in [1.807, 2.05) is 0 Å². The molecule has 5 nitrogen and oxygen atoms in total. The highest BCUT2D eigenvalue weighted by Gasteiger charge is 2.13. The van der Waals surface area contributed by atoms with Gasteiger partial charge in [0.1, 0.15) is 6.54 Å². The molecule has 0 aromatic heterocycles. The summed E-state index contributed by atoms with van der Waals surface area (Å²) in [6.07, 6.45) is 0. The van der Waals surface area contributed by atoms with Crippen molar-refractivity contribution in [3.63, 3.8) is 0 Å². The number of aryl methyl sites for hydroxylation is 1. The minimum atomic E-state index is -1.12. The number of carboxylic acids is 1. The minimum absolute atomic E-state index is 0.0212. The lowest BCUT2D eigenvalue weighted by molar-refractivity contribution is -0.144. The molecule has 0 aliphatic carbocycles. The average molecular weight is 255 g/mol. The number of likely N-dealkylation sites (N-methyl/N-ethyl adjacent to an activating group) is 1. The summed E-state index contributed by atoms with van der Waals surface area (Å²) >= 11 is 0. The molecule has 6 heteroatoms. The van der Waals surface area contributed by atoms with Crippen LogP contribution in [0.4, 0.5) is 4.39 Å². The molecule has 0 saturated carbocycles. The largest absolute Gasteiger partial charge is 0.481 e. The number of nitrogens with zero attached hydrogens (tertiary/aromatic N) is 1. The Hall–Kier alpha value is -2.11. The van der Waals surface area contributed by atoms with E-state index in [0.29, 0.717) is 0 Å². The molecule has 1 aromatic rings. The summed E-state index contributed by atoms with van der Waals surface area (Å²) in [5.74, 6) is -2.23. The van der Waals surface area contributed by atoms with Gasteiger partial charge in [-0.2, -0.15) is 0 Å². The van der Waals surface area contributed by atoms with E-state index in [1.165, 1.54) is 19.2 Å². The average Bonchev–Trinajstić information content (AvgIpc) is 2.29. The summed E-state index contributed by atoms with van der Waals surface area (Å²) in [6.45, 7) is 0.952. The topological polar surface area (TPSA) is 66.8 Å². The number of carbonyl (C=O) groups excluding carboxylic acids is 1. The highest BCUT2D eigenvalue weighted by atomic mass is 19.1. The fraction of sp³-hybridized carbons (Fsp3) is 0.333. The molecule has 0 heterocycles. The van der Waals surface area contributed by atoms with E-state index in [9.17, 15) is 14.0 Å². The zero-order valence-corrected chi connectivity index (χ0v) is 10.1. The third-order valence-electron chi connectivity index (χ3n) is 2.24.